The normalized spacial score (nSPS) is 11.0. The van der Waals surface area contributed by atoms with E-state index in [1.54, 1.807) is 24.1 Å². The Bertz CT molecular complexity index is 1040. The second kappa shape index (κ2) is 9.65. The quantitative estimate of drug-likeness (QED) is 0.534. The minimum atomic E-state index is -0.227. The number of benzene rings is 2. The Labute approximate surface area is 176 Å². The van der Waals surface area contributed by atoms with Gasteiger partial charge in [0.05, 0.1) is 25.1 Å². The van der Waals surface area contributed by atoms with Gasteiger partial charge in [-0.1, -0.05) is 12.1 Å². The molecule has 0 saturated carbocycles. The zero-order valence-electron chi connectivity index (χ0n) is 17.5. The number of aromatic nitrogens is 2. The molecular weight excluding hydrogens is 380 g/mol. The average molecular weight is 406 g/mol. The lowest BCUT2D eigenvalue weighted by atomic mass is 10.2. The van der Waals surface area contributed by atoms with E-state index in [9.17, 15) is 4.79 Å². The Morgan fingerprint density at radius 1 is 1.10 bits per heavy atom. The van der Waals surface area contributed by atoms with Gasteiger partial charge in [0.25, 0.3) is 0 Å². The van der Waals surface area contributed by atoms with Gasteiger partial charge < -0.3 is 20.1 Å². The molecular formula is C23H26N4O3. The van der Waals surface area contributed by atoms with Crippen molar-refractivity contribution in [3.63, 3.8) is 0 Å². The Kier molecular flexibility index (Phi) is 6.75. The highest BCUT2D eigenvalue weighted by Crippen LogP contribution is 2.29. The molecule has 1 amide bonds. The van der Waals surface area contributed by atoms with Crippen molar-refractivity contribution in [3.05, 3.63) is 66.5 Å². The largest absolute Gasteiger partial charge is 0.493 e. The number of carbonyl (C=O) groups excluding carboxylic acids is 1. The number of amides is 1. The van der Waals surface area contributed by atoms with E-state index >= 15 is 0 Å². The third-order valence-electron chi connectivity index (χ3n) is 4.10. The molecule has 0 aliphatic rings. The van der Waals surface area contributed by atoms with Gasteiger partial charge in [0.2, 0.25) is 5.91 Å². The van der Waals surface area contributed by atoms with Crippen molar-refractivity contribution in [2.24, 2.45) is 7.05 Å². The van der Waals surface area contributed by atoms with Gasteiger partial charge in [0.1, 0.15) is 0 Å². The van der Waals surface area contributed by atoms with Gasteiger partial charge in [-0.05, 0) is 55.8 Å². The van der Waals surface area contributed by atoms with Crippen molar-refractivity contribution in [3.8, 4) is 11.5 Å². The van der Waals surface area contributed by atoms with E-state index in [4.69, 9.17) is 9.47 Å². The third kappa shape index (κ3) is 5.88. The van der Waals surface area contributed by atoms with Crippen LogP contribution in [0.25, 0.3) is 6.08 Å². The Hall–Kier alpha value is -3.74. The lowest BCUT2D eigenvalue weighted by Crippen LogP contribution is -2.08. The predicted octanol–water partition coefficient (Wildman–Crippen LogP) is 4.61. The molecule has 2 N–H and O–H groups in total. The number of nitrogens with zero attached hydrogens (tertiary/aromatic N) is 2. The molecule has 0 aliphatic carbocycles. The topological polar surface area (TPSA) is 77.4 Å². The summed E-state index contributed by atoms with van der Waals surface area (Å²) in [6.07, 6.45) is 6.88. The van der Waals surface area contributed by atoms with Crippen LogP contribution in [-0.2, 0) is 11.8 Å². The van der Waals surface area contributed by atoms with Crippen LogP contribution < -0.4 is 20.1 Å². The molecule has 7 heteroatoms. The minimum Gasteiger partial charge on any atom is -0.493 e. The van der Waals surface area contributed by atoms with Gasteiger partial charge in [-0.15, -0.1) is 0 Å². The first-order chi connectivity index (χ1) is 14.4. The molecule has 0 fully saturated rings. The van der Waals surface area contributed by atoms with Gasteiger partial charge in [-0.3, -0.25) is 9.48 Å². The molecule has 30 heavy (non-hydrogen) atoms. The van der Waals surface area contributed by atoms with Crippen molar-refractivity contribution in [1.29, 1.82) is 0 Å². The monoisotopic (exact) mass is 406 g/mol. The zero-order chi connectivity index (χ0) is 21.5. The van der Waals surface area contributed by atoms with E-state index in [2.05, 4.69) is 15.7 Å². The van der Waals surface area contributed by atoms with Crippen molar-refractivity contribution < 1.29 is 14.3 Å². The maximum Gasteiger partial charge on any atom is 0.248 e. The van der Waals surface area contributed by atoms with E-state index < -0.39 is 0 Å². The van der Waals surface area contributed by atoms with E-state index in [0.29, 0.717) is 17.2 Å². The first-order valence-corrected chi connectivity index (χ1v) is 9.62. The SMILES string of the molecule is COc1cc(/C=C/C(=O)Nc2cccc(Nc3cnn(C)c3)c2)ccc1OC(C)C. The molecule has 7 nitrogen and oxygen atoms in total. The number of hydrogen-bond donors (Lipinski definition) is 2. The highest BCUT2D eigenvalue weighted by molar-refractivity contribution is 6.02. The van der Waals surface area contributed by atoms with E-state index in [1.165, 1.54) is 6.08 Å². The molecule has 0 radical (unpaired) electrons. The summed E-state index contributed by atoms with van der Waals surface area (Å²) in [4.78, 5) is 12.3. The zero-order valence-corrected chi connectivity index (χ0v) is 17.5. The Morgan fingerprint density at radius 3 is 2.60 bits per heavy atom. The first kappa shape index (κ1) is 21.0. The standard InChI is InChI=1S/C23H26N4O3/c1-16(2)30-21-10-8-17(12-22(21)29-4)9-11-23(28)26-19-7-5-6-18(13-19)25-20-14-24-27(3)15-20/h5-16,25H,1-4H3,(H,26,28)/b11-9+. The van der Waals surface area contributed by atoms with Crippen molar-refractivity contribution in [2.45, 2.75) is 20.0 Å². The number of aryl methyl sites for hydroxylation is 1. The van der Waals surface area contributed by atoms with Crippen LogP contribution in [0.2, 0.25) is 0 Å². The Balaban J connectivity index is 1.64. The van der Waals surface area contributed by atoms with Crippen LogP contribution in [0, 0.1) is 0 Å². The fourth-order valence-electron chi connectivity index (χ4n) is 2.82. The molecule has 0 spiro atoms. The van der Waals surface area contributed by atoms with Gasteiger partial charge in [-0.2, -0.15) is 5.10 Å². The minimum absolute atomic E-state index is 0.0504. The number of hydrogen-bond acceptors (Lipinski definition) is 5. The van der Waals surface area contributed by atoms with Gasteiger partial charge in [0.15, 0.2) is 11.5 Å². The highest BCUT2D eigenvalue weighted by atomic mass is 16.5. The third-order valence-corrected chi connectivity index (χ3v) is 4.10. The van der Waals surface area contributed by atoms with Crippen molar-refractivity contribution in [2.75, 3.05) is 17.7 Å². The number of ether oxygens (including phenoxy) is 2. The molecule has 0 atom stereocenters. The van der Waals surface area contributed by atoms with Crippen LogP contribution in [0.4, 0.5) is 17.1 Å². The number of methoxy groups -OCH3 is 1. The van der Waals surface area contributed by atoms with Crippen molar-refractivity contribution >= 4 is 29.0 Å². The smallest absolute Gasteiger partial charge is 0.248 e. The lowest BCUT2D eigenvalue weighted by molar-refractivity contribution is -0.111. The molecule has 0 saturated heterocycles. The number of nitrogens with one attached hydrogen (secondary N) is 2. The average Bonchev–Trinajstić information content (AvgIpc) is 3.11. The molecule has 3 rings (SSSR count). The van der Waals surface area contributed by atoms with E-state index in [1.807, 2.05) is 69.6 Å². The molecule has 1 aromatic heterocycles. The first-order valence-electron chi connectivity index (χ1n) is 9.62. The molecule has 156 valence electrons. The predicted molar refractivity (Wildman–Crippen MR) is 119 cm³/mol. The molecule has 0 bridgehead atoms. The van der Waals surface area contributed by atoms with E-state index in [0.717, 1.165) is 16.9 Å². The highest BCUT2D eigenvalue weighted by Gasteiger charge is 2.07. The van der Waals surface area contributed by atoms with Gasteiger partial charge in [0, 0.05) is 30.7 Å². The molecule has 2 aromatic carbocycles. The van der Waals surface area contributed by atoms with Crippen LogP contribution in [0.15, 0.2) is 60.9 Å². The summed E-state index contributed by atoms with van der Waals surface area (Å²) in [7, 11) is 3.45. The van der Waals surface area contributed by atoms with Crippen LogP contribution in [0.3, 0.4) is 0 Å². The summed E-state index contributed by atoms with van der Waals surface area (Å²) in [6, 6.07) is 13.0. The second-order valence-electron chi connectivity index (χ2n) is 7.01. The number of carbonyl (C=O) groups is 1. The van der Waals surface area contributed by atoms with Crippen LogP contribution in [0.5, 0.6) is 11.5 Å². The summed E-state index contributed by atoms with van der Waals surface area (Å²) in [5, 5.41) is 10.2. The van der Waals surface area contributed by atoms with Crippen LogP contribution >= 0.6 is 0 Å². The number of rotatable bonds is 8. The fourth-order valence-corrected chi connectivity index (χ4v) is 2.82. The summed E-state index contributed by atoms with van der Waals surface area (Å²) in [5.41, 5.74) is 3.26. The van der Waals surface area contributed by atoms with Gasteiger partial charge >= 0.3 is 0 Å². The van der Waals surface area contributed by atoms with Crippen LogP contribution in [-0.4, -0.2) is 28.9 Å². The molecule has 1 heterocycles. The number of anilines is 3. The van der Waals surface area contributed by atoms with Crippen LogP contribution in [0.1, 0.15) is 19.4 Å². The Morgan fingerprint density at radius 2 is 1.90 bits per heavy atom. The molecule has 0 aliphatic heterocycles. The maximum atomic E-state index is 12.3. The molecule has 3 aromatic rings. The van der Waals surface area contributed by atoms with Gasteiger partial charge in [-0.25, -0.2) is 0 Å². The fraction of sp³-hybridized carbons (Fsp3) is 0.217. The summed E-state index contributed by atoms with van der Waals surface area (Å²) in [5.74, 6) is 1.07. The second-order valence-corrected chi connectivity index (χ2v) is 7.01. The summed E-state index contributed by atoms with van der Waals surface area (Å²) < 4.78 is 12.8. The summed E-state index contributed by atoms with van der Waals surface area (Å²) in [6.45, 7) is 3.91. The lowest BCUT2D eigenvalue weighted by Gasteiger charge is -2.13. The maximum absolute atomic E-state index is 12.3. The summed E-state index contributed by atoms with van der Waals surface area (Å²) >= 11 is 0. The molecule has 0 unspecified atom stereocenters. The van der Waals surface area contributed by atoms with E-state index in [-0.39, 0.29) is 12.0 Å². The van der Waals surface area contributed by atoms with Crippen molar-refractivity contribution in [1.82, 2.24) is 9.78 Å².